The summed E-state index contributed by atoms with van der Waals surface area (Å²) >= 11 is 0. The number of halogens is 2. The molecule has 18 heavy (non-hydrogen) atoms. The van der Waals surface area contributed by atoms with Crippen molar-refractivity contribution in [2.75, 3.05) is 13.7 Å². The number of amides is 1. The van der Waals surface area contributed by atoms with Gasteiger partial charge in [0.1, 0.15) is 6.17 Å². The molecule has 6 nitrogen and oxygen atoms in total. The van der Waals surface area contributed by atoms with Gasteiger partial charge >= 0.3 is 0 Å². The molecule has 0 aliphatic carbocycles. The van der Waals surface area contributed by atoms with Gasteiger partial charge < -0.3 is 20.5 Å². The van der Waals surface area contributed by atoms with E-state index in [0.717, 1.165) is 11.1 Å². The number of carbonyl (C=O) groups excluding carboxylic acids is 1. The number of hydrogen-bond donors (Lipinski definition) is 2. The normalized spacial score (nSPS) is 29.4. The van der Waals surface area contributed by atoms with Crippen LogP contribution in [0.15, 0.2) is 17.0 Å². The summed E-state index contributed by atoms with van der Waals surface area (Å²) < 4.78 is 32.1. The molecule has 102 valence electrons. The number of amidine groups is 1. The SMILES string of the molecule is CN(/C=C(/F)C(N)=NC=O)C1OC(CO)CC1F. The molecule has 3 unspecified atom stereocenters. The standard InChI is InChI=1S/C10H15F2N3O3/c1-15(3-8(12)9(13)14-5-17)10-7(11)2-6(4-16)18-10/h3,5-7,10,16H,2,4H2,1H3,(H2,13,14,17)/b8-3+. The van der Waals surface area contributed by atoms with Gasteiger partial charge in [0, 0.05) is 19.7 Å². The Bertz CT molecular complexity index is 362. The topological polar surface area (TPSA) is 88.2 Å². The van der Waals surface area contributed by atoms with Gasteiger partial charge in [-0.05, 0) is 0 Å². The molecule has 0 aromatic rings. The maximum absolute atomic E-state index is 13.5. The van der Waals surface area contributed by atoms with Crippen LogP contribution in [-0.4, -0.2) is 54.4 Å². The number of carbonyl (C=O) groups is 1. The van der Waals surface area contributed by atoms with E-state index < -0.39 is 30.2 Å². The Morgan fingerprint density at radius 2 is 2.39 bits per heavy atom. The highest BCUT2D eigenvalue weighted by atomic mass is 19.1. The number of nitrogens with zero attached hydrogens (tertiary/aromatic N) is 2. The summed E-state index contributed by atoms with van der Waals surface area (Å²) in [6, 6.07) is 0. The van der Waals surface area contributed by atoms with Crippen LogP contribution in [0.25, 0.3) is 0 Å². The van der Waals surface area contributed by atoms with E-state index >= 15 is 0 Å². The molecule has 1 aliphatic rings. The molecular weight excluding hydrogens is 248 g/mol. The van der Waals surface area contributed by atoms with E-state index in [1.165, 1.54) is 7.05 Å². The third-order valence-corrected chi connectivity index (χ3v) is 2.49. The maximum atomic E-state index is 13.5. The van der Waals surface area contributed by atoms with Gasteiger partial charge in [-0.2, -0.15) is 4.99 Å². The lowest BCUT2D eigenvalue weighted by atomic mass is 10.2. The number of alkyl halides is 1. The van der Waals surface area contributed by atoms with Crippen molar-refractivity contribution < 1.29 is 23.4 Å². The zero-order chi connectivity index (χ0) is 13.7. The fraction of sp³-hybridized carbons (Fsp3) is 0.600. The first-order valence-corrected chi connectivity index (χ1v) is 5.26. The molecule has 1 heterocycles. The van der Waals surface area contributed by atoms with E-state index in [0.29, 0.717) is 0 Å². The van der Waals surface area contributed by atoms with E-state index in [4.69, 9.17) is 15.6 Å². The number of hydrogen-bond acceptors (Lipinski definition) is 4. The second-order valence-corrected chi connectivity index (χ2v) is 3.85. The molecule has 1 rings (SSSR count). The molecule has 1 aliphatic heterocycles. The number of ether oxygens (including phenoxy) is 1. The fourth-order valence-electron chi connectivity index (χ4n) is 1.61. The van der Waals surface area contributed by atoms with Gasteiger partial charge in [-0.3, -0.25) is 4.79 Å². The zero-order valence-electron chi connectivity index (χ0n) is 9.79. The summed E-state index contributed by atoms with van der Waals surface area (Å²) in [6.07, 6.45) is -1.92. The highest BCUT2D eigenvalue weighted by Gasteiger charge is 2.37. The van der Waals surface area contributed by atoms with E-state index in [1.807, 2.05) is 0 Å². The highest BCUT2D eigenvalue weighted by Crippen LogP contribution is 2.25. The first-order chi connectivity index (χ1) is 8.49. The Morgan fingerprint density at radius 1 is 1.72 bits per heavy atom. The van der Waals surface area contributed by atoms with Gasteiger partial charge in [-0.15, -0.1) is 0 Å². The van der Waals surface area contributed by atoms with E-state index in [9.17, 15) is 13.6 Å². The van der Waals surface area contributed by atoms with Crippen LogP contribution in [-0.2, 0) is 9.53 Å². The molecule has 3 atom stereocenters. The minimum atomic E-state index is -1.35. The first-order valence-electron chi connectivity index (χ1n) is 5.26. The van der Waals surface area contributed by atoms with Gasteiger partial charge in [0.2, 0.25) is 6.41 Å². The summed E-state index contributed by atoms with van der Waals surface area (Å²) in [5, 5.41) is 8.85. The molecule has 0 radical (unpaired) electrons. The molecule has 1 saturated heterocycles. The van der Waals surface area contributed by atoms with Crippen LogP contribution in [0, 0.1) is 0 Å². The molecule has 0 spiro atoms. The predicted molar refractivity (Wildman–Crippen MR) is 59.9 cm³/mol. The second kappa shape index (κ2) is 6.41. The van der Waals surface area contributed by atoms with Crippen LogP contribution in [0.3, 0.4) is 0 Å². The molecule has 1 fully saturated rings. The van der Waals surface area contributed by atoms with Gasteiger partial charge in [0.15, 0.2) is 17.9 Å². The van der Waals surface area contributed by atoms with Crippen molar-refractivity contribution in [1.82, 2.24) is 4.90 Å². The van der Waals surface area contributed by atoms with Crippen molar-refractivity contribution in [3.05, 3.63) is 12.0 Å². The molecular formula is C10H15F2N3O3. The molecule has 1 amide bonds. The summed E-state index contributed by atoms with van der Waals surface area (Å²) in [5.41, 5.74) is 5.14. The van der Waals surface area contributed by atoms with Crippen LogP contribution >= 0.6 is 0 Å². The Balaban J connectivity index is 2.70. The lowest BCUT2D eigenvalue weighted by Gasteiger charge is -2.24. The van der Waals surface area contributed by atoms with Gasteiger partial charge in [-0.25, -0.2) is 8.78 Å². The third kappa shape index (κ3) is 3.47. The average Bonchev–Trinajstić information content (AvgIpc) is 2.70. The number of nitrogens with two attached hydrogens (primary N) is 1. The molecule has 0 saturated carbocycles. The van der Waals surface area contributed by atoms with Crippen molar-refractivity contribution in [3.8, 4) is 0 Å². The predicted octanol–water partition coefficient (Wildman–Crippen LogP) is -0.312. The Labute approximate surface area is 103 Å². The monoisotopic (exact) mass is 263 g/mol. The van der Waals surface area contributed by atoms with Crippen LogP contribution in [0.1, 0.15) is 6.42 Å². The van der Waals surface area contributed by atoms with Crippen LogP contribution in [0.4, 0.5) is 8.78 Å². The minimum Gasteiger partial charge on any atom is -0.394 e. The molecule has 0 aromatic carbocycles. The fourth-order valence-corrected chi connectivity index (χ4v) is 1.61. The lowest BCUT2D eigenvalue weighted by Crippen LogP contribution is -2.34. The van der Waals surface area contributed by atoms with Crippen LogP contribution in [0.5, 0.6) is 0 Å². The highest BCUT2D eigenvalue weighted by molar-refractivity contribution is 5.98. The van der Waals surface area contributed by atoms with Crippen molar-refractivity contribution in [2.24, 2.45) is 10.7 Å². The number of aliphatic hydroxyl groups excluding tert-OH is 1. The first kappa shape index (κ1) is 14.5. The number of aliphatic imine (C=N–C) groups is 1. The quantitative estimate of drug-likeness (QED) is 0.403. The largest absolute Gasteiger partial charge is 0.394 e. The van der Waals surface area contributed by atoms with E-state index in [1.54, 1.807) is 0 Å². The van der Waals surface area contributed by atoms with Gasteiger partial charge in [-0.1, -0.05) is 0 Å². The Hall–Kier alpha value is -1.54. The average molecular weight is 263 g/mol. The van der Waals surface area contributed by atoms with Crippen molar-refractivity contribution in [2.45, 2.75) is 24.9 Å². The van der Waals surface area contributed by atoms with E-state index in [2.05, 4.69) is 4.99 Å². The maximum Gasteiger partial charge on any atom is 0.234 e. The van der Waals surface area contributed by atoms with E-state index in [-0.39, 0.29) is 19.4 Å². The summed E-state index contributed by atoms with van der Waals surface area (Å²) in [7, 11) is 1.39. The van der Waals surface area contributed by atoms with Gasteiger partial charge in [0.05, 0.1) is 12.7 Å². The van der Waals surface area contributed by atoms with Crippen LogP contribution in [0.2, 0.25) is 0 Å². The smallest absolute Gasteiger partial charge is 0.234 e. The van der Waals surface area contributed by atoms with Gasteiger partial charge in [0.25, 0.3) is 0 Å². The summed E-state index contributed by atoms with van der Waals surface area (Å²) in [6.45, 7) is -0.300. The lowest BCUT2D eigenvalue weighted by molar-refractivity contribution is -0.106. The Kier molecular flexibility index (Phi) is 5.17. The summed E-state index contributed by atoms with van der Waals surface area (Å²) in [5.74, 6) is -1.56. The van der Waals surface area contributed by atoms with Crippen molar-refractivity contribution in [1.29, 1.82) is 0 Å². The molecule has 0 aromatic heterocycles. The van der Waals surface area contributed by atoms with Crippen molar-refractivity contribution >= 4 is 12.2 Å². The third-order valence-electron chi connectivity index (χ3n) is 2.49. The summed E-state index contributed by atoms with van der Waals surface area (Å²) in [4.78, 5) is 14.2. The zero-order valence-corrected chi connectivity index (χ0v) is 9.79. The minimum absolute atomic E-state index is 0.0406. The van der Waals surface area contributed by atoms with Crippen molar-refractivity contribution in [3.63, 3.8) is 0 Å². The Morgan fingerprint density at radius 3 is 2.89 bits per heavy atom. The molecule has 8 heteroatoms. The molecule has 0 bridgehead atoms. The number of rotatable bonds is 5. The number of aliphatic hydroxyl groups is 1. The second-order valence-electron chi connectivity index (χ2n) is 3.85. The molecule has 3 N–H and O–H groups in total. The van der Waals surface area contributed by atoms with Crippen LogP contribution < -0.4 is 5.73 Å².